The van der Waals surface area contributed by atoms with Crippen LogP contribution in [-0.2, 0) is 62.4 Å². The normalized spacial score (nSPS) is 13.1. The van der Waals surface area contributed by atoms with E-state index in [-0.39, 0.29) is 5.78 Å². The fourth-order valence-electron chi connectivity index (χ4n) is 10.3. The number of benzene rings is 6. The minimum Gasteiger partial charge on any atom is -0.287 e. The minimum absolute atomic E-state index is 0.101. The van der Waals surface area contributed by atoms with Crippen LogP contribution in [0.5, 0.6) is 0 Å². The van der Waals surface area contributed by atoms with Crippen molar-refractivity contribution in [1.29, 1.82) is 0 Å². The highest BCUT2D eigenvalue weighted by Gasteiger charge is 2.47. The van der Waals surface area contributed by atoms with Crippen molar-refractivity contribution >= 4 is 33.8 Å². The lowest BCUT2D eigenvalue weighted by atomic mass is 9.12. The highest BCUT2D eigenvalue weighted by atomic mass is 19.4. The molecule has 0 spiro atoms. The van der Waals surface area contributed by atoms with Crippen molar-refractivity contribution < 1.29 is 115 Å². The summed E-state index contributed by atoms with van der Waals surface area (Å²) >= 11 is 0. The summed E-state index contributed by atoms with van der Waals surface area (Å²) in [7, 11) is 0. The van der Waals surface area contributed by atoms with E-state index in [0.29, 0.717) is 6.54 Å². The van der Waals surface area contributed by atoms with Gasteiger partial charge >= 0.3 is 49.4 Å². The molecule has 28 heteroatoms. The van der Waals surface area contributed by atoms with Crippen molar-refractivity contribution in [3.8, 4) is 11.3 Å². The van der Waals surface area contributed by atoms with E-state index >= 15 is 0 Å². The van der Waals surface area contributed by atoms with Gasteiger partial charge in [-0.15, -0.1) is 0 Å². The van der Waals surface area contributed by atoms with E-state index in [1.54, 1.807) is 6.20 Å². The number of aromatic nitrogens is 2. The molecule has 1 heterocycles. The second-order valence-electron chi connectivity index (χ2n) is 21.3. The van der Waals surface area contributed by atoms with Crippen LogP contribution in [0.3, 0.4) is 0 Å². The Morgan fingerprint density at radius 2 is 0.689 bits per heavy atom. The molecule has 0 atom stereocenters. The van der Waals surface area contributed by atoms with E-state index in [9.17, 15) is 110 Å². The quantitative estimate of drug-likeness (QED) is 0.0266. The molecular formula is C62H51BF24N2O. The summed E-state index contributed by atoms with van der Waals surface area (Å²) in [5, 5.41) is 0. The van der Waals surface area contributed by atoms with Crippen LogP contribution in [0.15, 0.2) is 146 Å². The fourth-order valence-corrected chi connectivity index (χ4v) is 10.3. The van der Waals surface area contributed by atoms with Gasteiger partial charge in [0.25, 0.3) is 0 Å². The molecule has 1 aromatic heterocycles. The molecule has 0 amide bonds. The molecular weight excluding hydrogens is 1260 g/mol. The Hall–Kier alpha value is -7.55. The molecule has 0 N–H and O–H groups in total. The van der Waals surface area contributed by atoms with Crippen molar-refractivity contribution in [3.05, 3.63) is 202 Å². The lowest BCUT2D eigenvalue weighted by Crippen LogP contribution is -2.75. The van der Waals surface area contributed by atoms with E-state index in [1.165, 1.54) is 69.8 Å². The average Bonchev–Trinajstić information content (AvgIpc) is 0.710. The van der Waals surface area contributed by atoms with E-state index in [0.717, 1.165) is 23.2 Å². The molecule has 0 radical (unpaired) electrons. The molecule has 0 fully saturated rings. The number of nitrogens with zero attached hydrogens (tertiary/aromatic N) is 2. The van der Waals surface area contributed by atoms with Crippen LogP contribution in [0.1, 0.15) is 132 Å². The number of carbonyl (C=O) groups is 1. The van der Waals surface area contributed by atoms with E-state index in [1.807, 2.05) is 47.3 Å². The monoisotopic (exact) mass is 1310 g/mol. The third-order valence-corrected chi connectivity index (χ3v) is 14.7. The summed E-state index contributed by atoms with van der Waals surface area (Å²) in [6.07, 6.45) is -34.4. The minimum atomic E-state index is -6.13. The first-order chi connectivity index (χ1) is 41.5. The molecule has 7 rings (SSSR count). The van der Waals surface area contributed by atoms with Crippen molar-refractivity contribution in [1.82, 2.24) is 4.98 Å². The van der Waals surface area contributed by atoms with E-state index in [4.69, 9.17) is 0 Å². The van der Waals surface area contributed by atoms with Gasteiger partial charge in [-0.05, 0) is 42.7 Å². The first-order valence-corrected chi connectivity index (χ1v) is 27.4. The van der Waals surface area contributed by atoms with Crippen LogP contribution in [-0.4, -0.2) is 16.9 Å². The molecule has 0 saturated carbocycles. The first-order valence-electron chi connectivity index (χ1n) is 27.4. The number of carbonyl (C=O) groups excluding carboxylic acids is 1. The number of hydrogen-bond donors (Lipinski definition) is 0. The smallest absolute Gasteiger partial charge is 0.287 e. The highest BCUT2D eigenvalue weighted by molar-refractivity contribution is 7.20. The SMILES string of the molecule is CCCCCCCCCCCCc1ccc(-c2c[n+](CC(=O)c3ccccc3)ccn2)cc1.FC(F)(F)c1cc([B-](c2cc(C(F)(F)F)cc(C(F)(F)F)c2)(c2cc(C(F)(F)F)cc(C(F)(F)F)c2)c2cc(C(F)(F)F)cc(C(F)(F)F)c2)cc(C(F)(F)F)c1. The second kappa shape index (κ2) is 27.9. The predicted octanol–water partition coefficient (Wildman–Crippen LogP) is 18.6. The van der Waals surface area contributed by atoms with Crippen LogP contribution in [0.2, 0.25) is 0 Å². The van der Waals surface area contributed by atoms with Gasteiger partial charge in [0.2, 0.25) is 12.3 Å². The van der Waals surface area contributed by atoms with Crippen LogP contribution < -0.4 is 26.4 Å². The van der Waals surface area contributed by atoms with Gasteiger partial charge in [-0.3, -0.25) is 4.79 Å². The second-order valence-corrected chi connectivity index (χ2v) is 21.3. The topological polar surface area (TPSA) is 33.8 Å². The maximum atomic E-state index is 14.2. The molecule has 486 valence electrons. The Morgan fingerprint density at radius 3 is 0.989 bits per heavy atom. The van der Waals surface area contributed by atoms with Crippen LogP contribution in [0.4, 0.5) is 105 Å². The Kier molecular flexibility index (Phi) is 22.2. The standard InChI is InChI=1S/C32H12BF24.C30H39N2O/c34-25(35,36)13-1-14(26(37,38)39)6-21(5-13)33(22-7-15(27(40,41)42)2-16(8-22)28(43,44)45,23-9-17(29(46,47)48)3-18(10-23)30(49,50)51)24-11-19(31(52,53)54)4-20(12-24)32(55,56)57;1-2-3-4-5-6-7-8-9-10-12-15-26-18-20-27(21-19-26)29-24-32(23-22-31-29)25-30(33)28-16-13-11-14-17-28/h1-12H;11,13-14,16-24H,2-10,12,15,25H2,1H3/q-1;+1. The molecule has 0 bridgehead atoms. The predicted molar refractivity (Wildman–Crippen MR) is 286 cm³/mol. The Balaban J connectivity index is 0.000000330. The summed E-state index contributed by atoms with van der Waals surface area (Å²) in [5.74, 6) is 0.101. The van der Waals surface area contributed by atoms with E-state index in [2.05, 4.69) is 36.2 Å². The maximum Gasteiger partial charge on any atom is 0.416 e. The number of aryl methyl sites for hydroxylation is 1. The van der Waals surface area contributed by atoms with Gasteiger partial charge in [0, 0.05) is 11.1 Å². The Labute approximate surface area is 498 Å². The zero-order chi connectivity index (χ0) is 67.1. The molecule has 0 aliphatic rings. The van der Waals surface area contributed by atoms with Crippen molar-refractivity contribution in [2.24, 2.45) is 0 Å². The molecule has 90 heavy (non-hydrogen) atoms. The largest absolute Gasteiger partial charge is 0.416 e. The van der Waals surface area contributed by atoms with Gasteiger partial charge in [0.05, 0.1) is 50.7 Å². The summed E-state index contributed by atoms with van der Waals surface area (Å²) in [6, 6.07) is 9.36. The van der Waals surface area contributed by atoms with Crippen molar-refractivity contribution in [2.75, 3.05) is 0 Å². The van der Waals surface area contributed by atoms with Gasteiger partial charge < -0.3 is 0 Å². The fraction of sp³-hybridized carbons (Fsp3) is 0.339. The molecule has 0 aliphatic carbocycles. The number of halogens is 24. The zero-order valence-corrected chi connectivity index (χ0v) is 46.8. The van der Waals surface area contributed by atoms with Crippen molar-refractivity contribution in [2.45, 2.75) is 134 Å². The highest BCUT2D eigenvalue weighted by Crippen LogP contribution is 2.42. The van der Waals surface area contributed by atoms with Crippen LogP contribution >= 0.6 is 0 Å². The third-order valence-electron chi connectivity index (χ3n) is 14.7. The molecule has 7 aromatic rings. The zero-order valence-electron chi connectivity index (χ0n) is 46.8. The van der Waals surface area contributed by atoms with Gasteiger partial charge in [-0.2, -0.15) is 132 Å². The van der Waals surface area contributed by atoms with Gasteiger partial charge in [0.15, 0.2) is 12.4 Å². The molecule has 0 unspecified atom stereocenters. The first kappa shape index (κ1) is 71.5. The number of rotatable bonds is 19. The lowest BCUT2D eigenvalue weighted by Gasteiger charge is -2.46. The lowest BCUT2D eigenvalue weighted by molar-refractivity contribution is -0.683. The molecule has 0 saturated heterocycles. The Morgan fingerprint density at radius 1 is 0.389 bits per heavy atom. The summed E-state index contributed by atoms with van der Waals surface area (Å²) in [4.78, 5) is 17.0. The molecule has 0 aliphatic heterocycles. The number of unbranched alkanes of at least 4 members (excludes halogenated alkanes) is 9. The van der Waals surface area contributed by atoms with Gasteiger partial charge in [0.1, 0.15) is 11.8 Å². The summed E-state index contributed by atoms with van der Waals surface area (Å²) < 4.78 is 343. The Bertz CT molecular complexity index is 3100. The van der Waals surface area contributed by atoms with Gasteiger partial charge in [-0.1, -0.05) is 168 Å². The van der Waals surface area contributed by atoms with Crippen LogP contribution in [0, 0.1) is 0 Å². The molecule has 6 aromatic carbocycles. The number of Topliss-reactive ketones (excluding diaryl/α,β-unsaturated/α-hetero) is 1. The number of ketones is 1. The van der Waals surface area contributed by atoms with Crippen LogP contribution in [0.25, 0.3) is 11.3 Å². The van der Waals surface area contributed by atoms with E-state index < -0.39 is 195 Å². The van der Waals surface area contributed by atoms with Gasteiger partial charge in [-0.25, -0.2) is 4.98 Å². The number of hydrogen-bond acceptors (Lipinski definition) is 2. The summed E-state index contributed by atoms with van der Waals surface area (Å²) in [6.45, 7) is 2.59. The molecule has 3 nitrogen and oxygen atoms in total. The van der Waals surface area contributed by atoms with Crippen molar-refractivity contribution in [3.63, 3.8) is 0 Å². The average molecular weight is 1310 g/mol. The summed E-state index contributed by atoms with van der Waals surface area (Å²) in [5.41, 5.74) is -26.1. The number of alkyl halides is 24. The maximum absolute atomic E-state index is 14.2. The third kappa shape index (κ3) is 18.8.